The average Bonchev–Trinajstić information content (AvgIpc) is 2.83. The summed E-state index contributed by atoms with van der Waals surface area (Å²) >= 11 is 5.51. The average molecular weight is 661 g/mol. The van der Waals surface area contributed by atoms with Gasteiger partial charge in [-0.1, -0.05) is 46.3 Å². The number of ether oxygens (including phenoxy) is 2. The van der Waals surface area contributed by atoms with Crippen molar-refractivity contribution in [2.45, 2.75) is 20.5 Å². The molecule has 4 rings (SSSR count). The Kier molecular flexibility index (Phi) is 8.10. The molecular formula is C27H22BrIN2O5. The number of anilines is 1. The number of barbiturate groups is 1. The molecule has 0 radical (unpaired) electrons. The molecule has 1 fully saturated rings. The van der Waals surface area contributed by atoms with Gasteiger partial charge in [0.05, 0.1) is 15.9 Å². The van der Waals surface area contributed by atoms with Crippen LogP contribution in [0.4, 0.5) is 10.5 Å². The van der Waals surface area contributed by atoms with Gasteiger partial charge in [-0.3, -0.25) is 14.9 Å². The first-order chi connectivity index (χ1) is 17.3. The quantitative estimate of drug-likeness (QED) is 0.191. The molecule has 0 aliphatic carbocycles. The Labute approximate surface area is 230 Å². The van der Waals surface area contributed by atoms with Crippen LogP contribution in [0.15, 0.2) is 70.7 Å². The maximum absolute atomic E-state index is 13.3. The van der Waals surface area contributed by atoms with E-state index in [4.69, 9.17) is 9.47 Å². The molecule has 0 bridgehead atoms. The van der Waals surface area contributed by atoms with Crippen LogP contribution in [0.5, 0.6) is 11.5 Å². The maximum atomic E-state index is 13.3. The summed E-state index contributed by atoms with van der Waals surface area (Å²) in [4.78, 5) is 39.5. The van der Waals surface area contributed by atoms with Crippen molar-refractivity contribution in [1.82, 2.24) is 5.32 Å². The van der Waals surface area contributed by atoms with E-state index < -0.39 is 17.8 Å². The molecule has 0 saturated carbocycles. The van der Waals surface area contributed by atoms with E-state index in [0.717, 1.165) is 18.5 Å². The summed E-state index contributed by atoms with van der Waals surface area (Å²) in [6, 6.07) is 17.7. The predicted octanol–water partition coefficient (Wildman–Crippen LogP) is 6.01. The van der Waals surface area contributed by atoms with Crippen molar-refractivity contribution in [3.63, 3.8) is 0 Å². The molecule has 1 aliphatic heterocycles. The first-order valence-corrected chi connectivity index (χ1v) is 13.0. The Morgan fingerprint density at radius 2 is 1.78 bits per heavy atom. The number of nitrogens with zero attached hydrogens (tertiary/aromatic N) is 1. The summed E-state index contributed by atoms with van der Waals surface area (Å²) in [5, 5.41) is 2.26. The fraction of sp³-hybridized carbons (Fsp3) is 0.148. The normalized spacial score (nSPS) is 14.7. The zero-order chi connectivity index (χ0) is 25.8. The van der Waals surface area contributed by atoms with E-state index in [0.29, 0.717) is 41.5 Å². The van der Waals surface area contributed by atoms with Crippen molar-refractivity contribution in [1.29, 1.82) is 0 Å². The molecule has 0 aromatic heterocycles. The number of hydrogen-bond donors (Lipinski definition) is 1. The molecule has 7 nitrogen and oxygen atoms in total. The van der Waals surface area contributed by atoms with Crippen molar-refractivity contribution in [3.8, 4) is 11.5 Å². The minimum absolute atomic E-state index is 0.159. The molecule has 3 aromatic carbocycles. The van der Waals surface area contributed by atoms with E-state index in [9.17, 15) is 14.4 Å². The molecule has 4 amide bonds. The van der Waals surface area contributed by atoms with Crippen molar-refractivity contribution in [2.24, 2.45) is 0 Å². The Morgan fingerprint density at radius 1 is 1.03 bits per heavy atom. The molecule has 1 heterocycles. The summed E-state index contributed by atoms with van der Waals surface area (Å²) in [6.45, 7) is 4.41. The highest BCUT2D eigenvalue weighted by Crippen LogP contribution is 2.36. The van der Waals surface area contributed by atoms with Gasteiger partial charge in [0.1, 0.15) is 12.2 Å². The number of benzene rings is 3. The van der Waals surface area contributed by atoms with Crippen LogP contribution in [-0.4, -0.2) is 24.5 Å². The summed E-state index contributed by atoms with van der Waals surface area (Å²) < 4.78 is 13.4. The summed E-state index contributed by atoms with van der Waals surface area (Å²) in [6.07, 6.45) is 1.46. The number of rotatable bonds is 7. The van der Waals surface area contributed by atoms with Crippen molar-refractivity contribution < 1.29 is 23.9 Å². The third-order valence-corrected chi connectivity index (χ3v) is 6.66. The number of hydrogen-bond acceptors (Lipinski definition) is 5. The van der Waals surface area contributed by atoms with Crippen LogP contribution in [0.3, 0.4) is 0 Å². The van der Waals surface area contributed by atoms with E-state index >= 15 is 0 Å². The Bertz CT molecular complexity index is 1370. The number of imide groups is 2. The molecular weight excluding hydrogens is 639 g/mol. The highest BCUT2D eigenvalue weighted by molar-refractivity contribution is 14.1. The molecule has 184 valence electrons. The van der Waals surface area contributed by atoms with Crippen LogP contribution in [0.2, 0.25) is 0 Å². The monoisotopic (exact) mass is 660 g/mol. The fourth-order valence-electron chi connectivity index (χ4n) is 3.72. The topological polar surface area (TPSA) is 84.9 Å². The molecule has 1 saturated heterocycles. The van der Waals surface area contributed by atoms with Crippen molar-refractivity contribution in [3.05, 3.63) is 91.0 Å². The summed E-state index contributed by atoms with van der Waals surface area (Å²) in [7, 11) is 0. The fourth-order valence-corrected chi connectivity index (χ4v) is 4.97. The van der Waals surface area contributed by atoms with Crippen LogP contribution in [0, 0.1) is 10.5 Å². The number of aryl methyl sites for hydroxylation is 1. The molecule has 1 aliphatic rings. The van der Waals surface area contributed by atoms with Gasteiger partial charge >= 0.3 is 6.03 Å². The highest BCUT2D eigenvalue weighted by Gasteiger charge is 2.37. The third-order valence-electron chi connectivity index (χ3n) is 5.37. The van der Waals surface area contributed by atoms with Crippen LogP contribution >= 0.6 is 38.5 Å². The van der Waals surface area contributed by atoms with E-state index in [2.05, 4.69) is 43.8 Å². The second-order valence-corrected chi connectivity index (χ2v) is 10.0. The third kappa shape index (κ3) is 5.62. The van der Waals surface area contributed by atoms with E-state index in [1.54, 1.807) is 37.3 Å². The second kappa shape index (κ2) is 11.3. The van der Waals surface area contributed by atoms with Crippen LogP contribution in [0.25, 0.3) is 6.08 Å². The number of urea groups is 1. The van der Waals surface area contributed by atoms with Gasteiger partial charge in [0.2, 0.25) is 0 Å². The first kappa shape index (κ1) is 25.9. The molecule has 0 unspecified atom stereocenters. The van der Waals surface area contributed by atoms with E-state index in [1.165, 1.54) is 6.08 Å². The zero-order valence-corrected chi connectivity index (χ0v) is 23.3. The lowest BCUT2D eigenvalue weighted by Gasteiger charge is -2.27. The standard InChI is InChI=1S/C27H22BrIN2O5/c1-3-35-23-14-18(13-21(29)24(23)36-15-17-7-5-4-6-8-17)12-20-25(32)30-27(34)31(26(20)33)22-10-9-19(28)11-16(22)2/h4-14H,3,15H2,1-2H3,(H,30,32,34)/b20-12-. The minimum atomic E-state index is -0.790. The van der Waals surface area contributed by atoms with Gasteiger partial charge in [0.25, 0.3) is 11.8 Å². The van der Waals surface area contributed by atoms with E-state index in [-0.39, 0.29) is 5.57 Å². The van der Waals surface area contributed by atoms with E-state index in [1.807, 2.05) is 37.3 Å². The smallest absolute Gasteiger partial charge is 0.335 e. The SMILES string of the molecule is CCOc1cc(/C=C2/C(=O)NC(=O)N(c3ccc(Br)cc3C)C2=O)cc(I)c1OCc1ccccc1. The lowest BCUT2D eigenvalue weighted by molar-refractivity contribution is -0.122. The maximum Gasteiger partial charge on any atom is 0.335 e. The number of carbonyl (C=O) groups is 3. The van der Waals surface area contributed by atoms with Crippen LogP contribution < -0.4 is 19.7 Å². The molecule has 9 heteroatoms. The van der Waals surface area contributed by atoms with Gasteiger partial charge in [-0.2, -0.15) is 0 Å². The second-order valence-electron chi connectivity index (χ2n) is 7.93. The van der Waals surface area contributed by atoms with Crippen LogP contribution in [0.1, 0.15) is 23.6 Å². The number of carbonyl (C=O) groups excluding carboxylic acids is 3. The molecule has 1 N–H and O–H groups in total. The lowest BCUT2D eigenvalue weighted by atomic mass is 10.1. The first-order valence-electron chi connectivity index (χ1n) is 11.1. The minimum Gasteiger partial charge on any atom is -0.490 e. The summed E-state index contributed by atoms with van der Waals surface area (Å²) in [5.41, 5.74) is 2.52. The van der Waals surface area contributed by atoms with Gasteiger partial charge in [-0.15, -0.1) is 0 Å². The Morgan fingerprint density at radius 3 is 2.47 bits per heavy atom. The molecule has 3 aromatic rings. The van der Waals surface area contributed by atoms with Gasteiger partial charge in [-0.05, 0) is 89.5 Å². The summed E-state index contributed by atoms with van der Waals surface area (Å²) in [5.74, 6) is -0.391. The lowest BCUT2D eigenvalue weighted by Crippen LogP contribution is -2.54. The number of amides is 4. The van der Waals surface area contributed by atoms with Gasteiger partial charge in [0.15, 0.2) is 11.5 Å². The van der Waals surface area contributed by atoms with Gasteiger partial charge in [0, 0.05) is 4.47 Å². The van der Waals surface area contributed by atoms with Crippen LogP contribution in [-0.2, 0) is 16.2 Å². The predicted molar refractivity (Wildman–Crippen MR) is 149 cm³/mol. The van der Waals surface area contributed by atoms with Gasteiger partial charge < -0.3 is 9.47 Å². The Hall–Kier alpha value is -3.18. The van der Waals surface area contributed by atoms with Gasteiger partial charge in [-0.25, -0.2) is 9.69 Å². The molecule has 0 spiro atoms. The largest absolute Gasteiger partial charge is 0.490 e. The number of nitrogens with one attached hydrogen (secondary N) is 1. The zero-order valence-electron chi connectivity index (χ0n) is 19.5. The highest BCUT2D eigenvalue weighted by atomic mass is 127. The van der Waals surface area contributed by atoms with Crippen molar-refractivity contribution in [2.75, 3.05) is 11.5 Å². The number of halogens is 2. The molecule has 0 atom stereocenters. The Balaban J connectivity index is 1.68. The molecule has 36 heavy (non-hydrogen) atoms. The van der Waals surface area contributed by atoms with Crippen molar-refractivity contribution >= 4 is 68.1 Å².